The summed E-state index contributed by atoms with van der Waals surface area (Å²) in [6.45, 7) is 1.77. The largest absolute Gasteiger partial charge is 0.493 e. The van der Waals surface area contributed by atoms with Gasteiger partial charge >= 0.3 is 11.6 Å². The van der Waals surface area contributed by atoms with Crippen molar-refractivity contribution < 1.29 is 28.6 Å². The zero-order valence-electron chi connectivity index (χ0n) is 17.4. The fourth-order valence-corrected chi connectivity index (χ4v) is 3.46. The van der Waals surface area contributed by atoms with Gasteiger partial charge in [0.25, 0.3) is 0 Å². The second-order valence-electron chi connectivity index (χ2n) is 6.92. The highest BCUT2D eigenvalue weighted by Crippen LogP contribution is 2.36. The first-order chi connectivity index (χ1) is 14.9. The van der Waals surface area contributed by atoms with Crippen molar-refractivity contribution in [2.45, 2.75) is 25.8 Å². The number of fused-ring (bicyclic) bond motifs is 1. The van der Waals surface area contributed by atoms with Crippen LogP contribution < -0.4 is 20.4 Å². The molecule has 0 fully saturated rings. The summed E-state index contributed by atoms with van der Waals surface area (Å²) < 4.78 is 16.0. The van der Waals surface area contributed by atoms with Crippen LogP contribution >= 0.6 is 0 Å². The van der Waals surface area contributed by atoms with E-state index in [-0.39, 0.29) is 18.4 Å². The molecule has 0 saturated heterocycles. The second kappa shape index (κ2) is 9.34. The number of amides is 1. The lowest BCUT2D eigenvalue weighted by Gasteiger charge is -2.15. The summed E-state index contributed by atoms with van der Waals surface area (Å²) >= 11 is 0. The fourth-order valence-electron chi connectivity index (χ4n) is 3.46. The molecule has 8 heteroatoms. The molecule has 0 saturated carbocycles. The predicted molar refractivity (Wildman–Crippen MR) is 114 cm³/mol. The van der Waals surface area contributed by atoms with E-state index in [0.29, 0.717) is 33.6 Å². The molecule has 1 aromatic heterocycles. The van der Waals surface area contributed by atoms with Gasteiger partial charge in [-0.3, -0.25) is 4.79 Å². The third-order valence-corrected chi connectivity index (χ3v) is 5.09. The molecule has 0 radical (unpaired) electrons. The first-order valence-electron chi connectivity index (χ1n) is 9.61. The highest BCUT2D eigenvalue weighted by Gasteiger charge is 2.23. The van der Waals surface area contributed by atoms with Crippen molar-refractivity contribution >= 4 is 22.8 Å². The Morgan fingerprint density at radius 1 is 1.10 bits per heavy atom. The minimum Gasteiger partial charge on any atom is -0.493 e. The number of rotatable bonds is 8. The van der Waals surface area contributed by atoms with Gasteiger partial charge in [-0.25, -0.2) is 9.59 Å². The Hall–Kier alpha value is -3.81. The second-order valence-corrected chi connectivity index (χ2v) is 6.92. The van der Waals surface area contributed by atoms with Crippen molar-refractivity contribution in [3.63, 3.8) is 0 Å². The standard InChI is InChI=1S/C23H23NO7/c1-13-15-9-11-17(29-2)21(30-3)20(15)31-23(28)16(13)10-12-18(25)24-19(22(26)27)14-7-5-4-6-8-14/h4-9,11,19H,10,12H2,1-3H3,(H,24,25)(H,26,27)/t19-/m0/s1. The van der Waals surface area contributed by atoms with Gasteiger partial charge in [0.2, 0.25) is 11.7 Å². The lowest BCUT2D eigenvalue weighted by Crippen LogP contribution is -2.34. The van der Waals surface area contributed by atoms with Crippen LogP contribution in [0, 0.1) is 6.92 Å². The number of hydrogen-bond acceptors (Lipinski definition) is 6. The SMILES string of the molecule is COc1ccc2c(C)c(CCC(=O)N[C@H](C(=O)O)c3ccccc3)c(=O)oc2c1OC. The van der Waals surface area contributed by atoms with Crippen LogP contribution in [0.3, 0.4) is 0 Å². The summed E-state index contributed by atoms with van der Waals surface area (Å²) in [4.78, 5) is 36.6. The maximum Gasteiger partial charge on any atom is 0.339 e. The molecule has 3 rings (SSSR count). The third-order valence-electron chi connectivity index (χ3n) is 5.09. The summed E-state index contributed by atoms with van der Waals surface area (Å²) in [5, 5.41) is 12.6. The topological polar surface area (TPSA) is 115 Å². The molecule has 31 heavy (non-hydrogen) atoms. The molecule has 0 bridgehead atoms. The van der Waals surface area contributed by atoms with Crippen molar-refractivity contribution in [1.29, 1.82) is 0 Å². The van der Waals surface area contributed by atoms with Crippen LogP contribution in [0.2, 0.25) is 0 Å². The lowest BCUT2D eigenvalue weighted by molar-refractivity contribution is -0.142. The number of carbonyl (C=O) groups is 2. The van der Waals surface area contributed by atoms with Crippen LogP contribution in [-0.2, 0) is 16.0 Å². The minimum absolute atomic E-state index is 0.0684. The molecular formula is C23H23NO7. The number of carboxylic acid groups (broad SMARTS) is 1. The van der Waals surface area contributed by atoms with E-state index in [4.69, 9.17) is 13.9 Å². The summed E-state index contributed by atoms with van der Waals surface area (Å²) in [6.07, 6.45) is 0.0342. The third kappa shape index (κ3) is 4.53. The molecule has 0 spiro atoms. The maximum atomic E-state index is 12.6. The molecule has 2 N–H and O–H groups in total. The smallest absolute Gasteiger partial charge is 0.339 e. The molecule has 0 unspecified atom stereocenters. The highest BCUT2D eigenvalue weighted by atomic mass is 16.5. The van der Waals surface area contributed by atoms with Crippen molar-refractivity contribution in [3.8, 4) is 11.5 Å². The Morgan fingerprint density at radius 3 is 2.42 bits per heavy atom. The van der Waals surface area contributed by atoms with Gasteiger partial charge in [-0.2, -0.15) is 0 Å². The van der Waals surface area contributed by atoms with E-state index < -0.39 is 23.5 Å². The Morgan fingerprint density at radius 2 is 1.81 bits per heavy atom. The van der Waals surface area contributed by atoms with E-state index in [1.54, 1.807) is 49.4 Å². The van der Waals surface area contributed by atoms with Gasteiger partial charge in [0.15, 0.2) is 17.4 Å². The quantitative estimate of drug-likeness (QED) is 0.533. The molecule has 8 nitrogen and oxygen atoms in total. The fraction of sp³-hybridized carbons (Fsp3) is 0.261. The minimum atomic E-state index is -1.17. The maximum absolute atomic E-state index is 12.6. The van der Waals surface area contributed by atoms with Crippen LogP contribution in [0.4, 0.5) is 0 Å². The van der Waals surface area contributed by atoms with Gasteiger partial charge < -0.3 is 24.3 Å². The molecule has 1 amide bonds. The number of hydrogen-bond donors (Lipinski definition) is 2. The zero-order chi connectivity index (χ0) is 22.5. The molecule has 2 aromatic carbocycles. The summed E-state index contributed by atoms with van der Waals surface area (Å²) in [5.41, 5.74) is 1.17. The molecular weight excluding hydrogens is 402 g/mol. The molecule has 1 heterocycles. The number of benzene rings is 2. The van der Waals surface area contributed by atoms with Crippen LogP contribution in [0.25, 0.3) is 11.0 Å². The lowest BCUT2D eigenvalue weighted by atomic mass is 10.0. The monoisotopic (exact) mass is 425 g/mol. The van der Waals surface area contributed by atoms with Crippen molar-refractivity contribution in [1.82, 2.24) is 5.32 Å². The normalized spacial score (nSPS) is 11.7. The van der Waals surface area contributed by atoms with Crippen LogP contribution in [-0.4, -0.2) is 31.2 Å². The van der Waals surface area contributed by atoms with E-state index in [1.165, 1.54) is 14.2 Å². The van der Waals surface area contributed by atoms with Gasteiger partial charge in [0, 0.05) is 17.4 Å². The molecule has 3 aromatic rings. The first-order valence-corrected chi connectivity index (χ1v) is 9.61. The molecule has 0 aliphatic carbocycles. The van der Waals surface area contributed by atoms with E-state index in [1.807, 2.05) is 0 Å². The van der Waals surface area contributed by atoms with E-state index in [2.05, 4.69) is 5.32 Å². The summed E-state index contributed by atoms with van der Waals surface area (Å²) in [5.74, 6) is -0.897. The van der Waals surface area contributed by atoms with Crippen LogP contribution in [0.5, 0.6) is 11.5 Å². The first kappa shape index (κ1) is 21.9. The van der Waals surface area contributed by atoms with E-state index >= 15 is 0 Å². The molecule has 1 atom stereocenters. The van der Waals surface area contributed by atoms with Crippen molar-refractivity contribution in [3.05, 3.63) is 69.6 Å². The predicted octanol–water partition coefficient (Wildman–Crippen LogP) is 2.99. The zero-order valence-corrected chi connectivity index (χ0v) is 17.4. The van der Waals surface area contributed by atoms with Crippen LogP contribution in [0.1, 0.15) is 29.2 Å². The van der Waals surface area contributed by atoms with Crippen molar-refractivity contribution in [2.75, 3.05) is 14.2 Å². The highest BCUT2D eigenvalue weighted by molar-refractivity contribution is 5.89. The Bertz CT molecular complexity index is 1170. The number of carbonyl (C=O) groups excluding carboxylic acids is 1. The average molecular weight is 425 g/mol. The van der Waals surface area contributed by atoms with E-state index in [9.17, 15) is 19.5 Å². The number of carboxylic acids is 1. The van der Waals surface area contributed by atoms with Gasteiger partial charge in [-0.1, -0.05) is 30.3 Å². The number of aryl methyl sites for hydroxylation is 1. The Labute approximate surface area is 178 Å². The Kier molecular flexibility index (Phi) is 6.59. The molecule has 0 aliphatic rings. The average Bonchev–Trinajstić information content (AvgIpc) is 2.76. The Balaban J connectivity index is 1.83. The number of nitrogens with one attached hydrogen (secondary N) is 1. The van der Waals surface area contributed by atoms with Gasteiger partial charge in [-0.15, -0.1) is 0 Å². The van der Waals surface area contributed by atoms with Crippen molar-refractivity contribution in [2.24, 2.45) is 0 Å². The van der Waals surface area contributed by atoms with Gasteiger partial charge in [0.1, 0.15) is 0 Å². The number of methoxy groups -OCH3 is 2. The van der Waals surface area contributed by atoms with E-state index in [0.717, 1.165) is 0 Å². The summed E-state index contributed by atoms with van der Waals surface area (Å²) in [7, 11) is 2.94. The summed E-state index contributed by atoms with van der Waals surface area (Å²) in [6, 6.07) is 10.7. The molecule has 162 valence electrons. The van der Waals surface area contributed by atoms with Gasteiger partial charge in [-0.05, 0) is 36.6 Å². The van der Waals surface area contributed by atoms with Crippen LogP contribution in [0.15, 0.2) is 51.7 Å². The number of aliphatic carboxylic acids is 1. The molecule has 0 aliphatic heterocycles. The van der Waals surface area contributed by atoms with Gasteiger partial charge in [0.05, 0.1) is 14.2 Å². The number of ether oxygens (including phenoxy) is 2.